The van der Waals surface area contributed by atoms with Crippen LogP contribution in [0.1, 0.15) is 58.1 Å². The van der Waals surface area contributed by atoms with Crippen LogP contribution in [0.5, 0.6) is 5.75 Å². The predicted molar refractivity (Wildman–Crippen MR) is 95.5 cm³/mol. The average Bonchev–Trinajstić information content (AvgIpc) is 2.51. The molecule has 0 aliphatic carbocycles. The third kappa shape index (κ3) is 7.23. The second-order valence-corrected chi connectivity index (χ2v) is 6.41. The molecule has 3 heteroatoms. The van der Waals surface area contributed by atoms with Gasteiger partial charge in [-0.15, -0.1) is 0 Å². The Morgan fingerprint density at radius 1 is 1.10 bits per heavy atom. The van der Waals surface area contributed by atoms with E-state index in [1.54, 1.807) is 0 Å². The molecule has 0 saturated heterocycles. The van der Waals surface area contributed by atoms with Crippen molar-refractivity contribution in [1.82, 2.24) is 5.32 Å². The van der Waals surface area contributed by atoms with E-state index >= 15 is 0 Å². The van der Waals surface area contributed by atoms with Gasteiger partial charge in [0.2, 0.25) is 0 Å². The molecule has 2 nitrogen and oxygen atoms in total. The maximum Gasteiger partial charge on any atom is 0.124 e. The summed E-state index contributed by atoms with van der Waals surface area (Å²) in [6, 6.07) is 8.84. The molecule has 1 aromatic carbocycles. The Hall–Kier alpha value is -0.670. The summed E-state index contributed by atoms with van der Waals surface area (Å²) in [4.78, 5) is 0. The van der Waals surface area contributed by atoms with E-state index in [9.17, 15) is 0 Å². The van der Waals surface area contributed by atoms with Crippen LogP contribution in [0.25, 0.3) is 0 Å². The van der Waals surface area contributed by atoms with Crippen molar-refractivity contribution in [3.63, 3.8) is 0 Å². The molecule has 1 atom stereocenters. The van der Waals surface area contributed by atoms with Gasteiger partial charge < -0.3 is 10.1 Å². The van der Waals surface area contributed by atoms with Crippen LogP contribution in [0.15, 0.2) is 24.3 Å². The second kappa shape index (κ2) is 11.9. The van der Waals surface area contributed by atoms with Gasteiger partial charge in [0.1, 0.15) is 5.75 Å². The molecule has 1 unspecified atom stereocenters. The molecule has 0 spiro atoms. The molecule has 1 aromatic rings. The number of nitrogens with one attached hydrogen (secondary N) is 1. The number of benzene rings is 1. The highest BCUT2D eigenvalue weighted by molar-refractivity contribution is 7.99. The summed E-state index contributed by atoms with van der Waals surface area (Å²) in [6.45, 7) is 8.30. The zero-order valence-electron chi connectivity index (χ0n) is 13.9. The molecule has 1 rings (SSSR count). The quantitative estimate of drug-likeness (QED) is 0.546. The van der Waals surface area contributed by atoms with Crippen molar-refractivity contribution in [2.45, 2.75) is 52.5 Å². The number of hydrogen-bond acceptors (Lipinski definition) is 3. The Bertz CT molecular complexity index is 370. The highest BCUT2D eigenvalue weighted by atomic mass is 32.2. The minimum absolute atomic E-state index is 0.388. The number of ether oxygens (including phenoxy) is 1. The molecule has 0 aromatic heterocycles. The number of hydrogen-bond donors (Lipinski definition) is 1. The van der Waals surface area contributed by atoms with Gasteiger partial charge in [-0.25, -0.2) is 0 Å². The lowest BCUT2D eigenvalue weighted by molar-refractivity contribution is 0.332. The number of unbranched alkanes of at least 4 members (excludes halogenated alkanes) is 2. The van der Waals surface area contributed by atoms with Crippen molar-refractivity contribution in [3.8, 4) is 5.75 Å². The van der Waals surface area contributed by atoms with Crippen molar-refractivity contribution in [2.24, 2.45) is 0 Å². The fraction of sp³-hybridized carbons (Fsp3) is 0.667. The third-order valence-corrected chi connectivity index (χ3v) is 4.56. The molecule has 0 heterocycles. The average molecular weight is 310 g/mol. The van der Waals surface area contributed by atoms with Crippen molar-refractivity contribution in [3.05, 3.63) is 29.8 Å². The van der Waals surface area contributed by atoms with E-state index in [1.807, 2.05) is 6.92 Å². The van der Waals surface area contributed by atoms with E-state index in [4.69, 9.17) is 4.74 Å². The maximum atomic E-state index is 5.79. The Labute approximate surface area is 135 Å². The molecular formula is C18H31NOS. The van der Waals surface area contributed by atoms with Gasteiger partial charge in [-0.3, -0.25) is 0 Å². The van der Waals surface area contributed by atoms with Crippen LogP contribution >= 0.6 is 11.8 Å². The molecule has 0 aliphatic rings. The molecule has 1 N–H and O–H groups in total. The minimum Gasteiger partial charge on any atom is -0.494 e. The van der Waals surface area contributed by atoms with Gasteiger partial charge in [0.05, 0.1) is 6.61 Å². The Balaban J connectivity index is 2.63. The molecule has 0 bridgehead atoms. The van der Waals surface area contributed by atoms with Crippen LogP contribution in [0.4, 0.5) is 0 Å². The normalized spacial score (nSPS) is 12.3. The zero-order chi connectivity index (χ0) is 15.3. The van der Waals surface area contributed by atoms with E-state index in [0.29, 0.717) is 6.04 Å². The molecule has 21 heavy (non-hydrogen) atoms. The fourth-order valence-electron chi connectivity index (χ4n) is 2.29. The lowest BCUT2D eigenvalue weighted by Gasteiger charge is -2.21. The second-order valence-electron chi connectivity index (χ2n) is 5.26. The third-order valence-electron chi connectivity index (χ3n) is 3.41. The first kappa shape index (κ1) is 18.4. The topological polar surface area (TPSA) is 21.3 Å². The largest absolute Gasteiger partial charge is 0.494 e. The lowest BCUT2D eigenvalue weighted by Crippen LogP contribution is -2.25. The van der Waals surface area contributed by atoms with Crippen molar-refractivity contribution >= 4 is 11.8 Å². The number of rotatable bonds is 12. The Morgan fingerprint density at radius 2 is 1.90 bits per heavy atom. The van der Waals surface area contributed by atoms with E-state index in [0.717, 1.165) is 31.1 Å². The molecule has 0 fully saturated rings. The first-order valence-corrected chi connectivity index (χ1v) is 9.51. The van der Waals surface area contributed by atoms with E-state index in [-0.39, 0.29) is 0 Å². The number of thioether (sulfide) groups is 1. The SMILES string of the molecule is CCCCCSCC(NCCC)c1ccccc1OCC. The maximum absolute atomic E-state index is 5.79. The Morgan fingerprint density at radius 3 is 2.62 bits per heavy atom. The van der Waals surface area contributed by atoms with Crippen molar-refractivity contribution in [1.29, 1.82) is 0 Å². The highest BCUT2D eigenvalue weighted by Gasteiger charge is 2.15. The highest BCUT2D eigenvalue weighted by Crippen LogP contribution is 2.28. The zero-order valence-corrected chi connectivity index (χ0v) is 14.7. The van der Waals surface area contributed by atoms with Gasteiger partial charge in [-0.1, -0.05) is 44.9 Å². The van der Waals surface area contributed by atoms with Crippen LogP contribution < -0.4 is 10.1 Å². The Kier molecular flexibility index (Phi) is 10.4. The van der Waals surface area contributed by atoms with Gasteiger partial charge in [0.15, 0.2) is 0 Å². The molecule has 0 aliphatic heterocycles. The van der Waals surface area contributed by atoms with Crippen LogP contribution in [0, 0.1) is 0 Å². The van der Waals surface area contributed by atoms with Crippen molar-refractivity contribution < 1.29 is 4.74 Å². The molecular weight excluding hydrogens is 278 g/mol. The first-order chi connectivity index (χ1) is 10.3. The van der Waals surface area contributed by atoms with Crippen LogP contribution in [-0.4, -0.2) is 24.7 Å². The summed E-state index contributed by atoms with van der Waals surface area (Å²) in [6.07, 6.45) is 5.13. The van der Waals surface area contributed by atoms with Gasteiger partial charge in [-0.2, -0.15) is 11.8 Å². The predicted octanol–water partition coefficient (Wildman–Crippen LogP) is 5.05. The summed E-state index contributed by atoms with van der Waals surface area (Å²) < 4.78 is 5.79. The van der Waals surface area contributed by atoms with Crippen LogP contribution in [-0.2, 0) is 0 Å². The first-order valence-electron chi connectivity index (χ1n) is 8.36. The molecule has 0 radical (unpaired) electrons. The summed E-state index contributed by atoms with van der Waals surface area (Å²) in [7, 11) is 0. The summed E-state index contributed by atoms with van der Waals surface area (Å²) >= 11 is 2.06. The molecule has 0 amide bonds. The molecule has 120 valence electrons. The summed E-state index contributed by atoms with van der Waals surface area (Å²) in [5.74, 6) is 3.41. The van der Waals surface area contributed by atoms with E-state index < -0.39 is 0 Å². The smallest absolute Gasteiger partial charge is 0.124 e. The van der Waals surface area contributed by atoms with E-state index in [2.05, 4.69) is 55.2 Å². The standard InChI is InChI=1S/C18H31NOS/c1-4-7-10-14-21-15-17(19-13-5-2)16-11-8-9-12-18(16)20-6-3/h8-9,11-12,17,19H,4-7,10,13-15H2,1-3H3. The summed E-state index contributed by atoms with van der Waals surface area (Å²) in [5, 5.41) is 3.67. The summed E-state index contributed by atoms with van der Waals surface area (Å²) in [5.41, 5.74) is 1.30. The minimum atomic E-state index is 0.388. The van der Waals surface area contributed by atoms with Gasteiger partial charge >= 0.3 is 0 Å². The number of para-hydroxylation sites is 1. The lowest BCUT2D eigenvalue weighted by atomic mass is 10.1. The van der Waals surface area contributed by atoms with Gasteiger partial charge in [0, 0.05) is 17.4 Å². The van der Waals surface area contributed by atoms with Gasteiger partial charge in [0.25, 0.3) is 0 Å². The van der Waals surface area contributed by atoms with Crippen LogP contribution in [0.2, 0.25) is 0 Å². The fourth-order valence-corrected chi connectivity index (χ4v) is 3.40. The van der Waals surface area contributed by atoms with Crippen molar-refractivity contribution in [2.75, 3.05) is 24.7 Å². The molecule has 0 saturated carbocycles. The van der Waals surface area contributed by atoms with E-state index in [1.165, 1.54) is 30.6 Å². The van der Waals surface area contributed by atoms with Gasteiger partial charge in [-0.05, 0) is 38.1 Å². The monoisotopic (exact) mass is 309 g/mol. The van der Waals surface area contributed by atoms with Crippen LogP contribution in [0.3, 0.4) is 0 Å².